The lowest BCUT2D eigenvalue weighted by molar-refractivity contribution is -0.147. The summed E-state index contributed by atoms with van der Waals surface area (Å²) in [6.45, 7) is 2.66. The number of rotatable bonds is 6. The summed E-state index contributed by atoms with van der Waals surface area (Å²) < 4.78 is 0. The number of aromatic amines is 1. The number of carbonyl (C=O) groups excluding carboxylic acids is 1. The molecule has 5 rings (SSSR count). The van der Waals surface area contributed by atoms with Crippen LogP contribution >= 0.6 is 23.2 Å². The van der Waals surface area contributed by atoms with Crippen molar-refractivity contribution in [3.8, 4) is 0 Å². The number of piperidine rings is 2. The van der Waals surface area contributed by atoms with Crippen molar-refractivity contribution >= 4 is 52.1 Å². The van der Waals surface area contributed by atoms with E-state index in [4.69, 9.17) is 23.2 Å². The number of aromatic nitrogens is 1. The highest BCUT2D eigenvalue weighted by Crippen LogP contribution is 2.35. The Hall–Kier alpha value is -2.80. The van der Waals surface area contributed by atoms with Gasteiger partial charge in [-0.05, 0) is 86.0 Å². The number of carbonyl (C=O) groups is 2. The second-order valence-electron chi connectivity index (χ2n) is 10.1. The topological polar surface area (TPSA) is 76.6 Å². The summed E-state index contributed by atoms with van der Waals surface area (Å²) in [4.78, 5) is 32.4. The minimum atomic E-state index is -0.755. The second kappa shape index (κ2) is 11.3. The van der Waals surface area contributed by atoms with Crippen molar-refractivity contribution < 1.29 is 14.7 Å². The fourth-order valence-corrected chi connectivity index (χ4v) is 6.21. The van der Waals surface area contributed by atoms with Crippen molar-refractivity contribution in [1.29, 1.82) is 0 Å². The minimum Gasteiger partial charge on any atom is -0.480 e. The first kappa shape index (κ1) is 25.8. The van der Waals surface area contributed by atoms with Crippen LogP contribution < -0.4 is 0 Å². The number of likely N-dealkylation sites (tertiary alicyclic amines) is 2. The number of nitrogens with zero attached hydrogens (tertiary/aromatic N) is 2. The molecule has 0 radical (unpaired) electrons. The van der Waals surface area contributed by atoms with E-state index in [1.54, 1.807) is 29.2 Å². The number of benzene rings is 2. The predicted molar refractivity (Wildman–Crippen MR) is 148 cm³/mol. The number of hydrogen-bond donors (Lipinski definition) is 2. The lowest BCUT2D eigenvalue weighted by Crippen LogP contribution is -2.52. The Kier molecular flexibility index (Phi) is 7.89. The molecule has 1 aromatic heterocycles. The molecule has 2 fully saturated rings. The molecule has 2 aliphatic heterocycles. The van der Waals surface area contributed by atoms with E-state index in [0.29, 0.717) is 41.9 Å². The zero-order valence-electron chi connectivity index (χ0n) is 20.6. The SMILES string of the molecule is O=C(O)C(C1CCN(C(=O)C=Cc2ccc(Cl)c(Cl)c2)CC1)N1CCC(c2c[nH]c3ccccc23)CC1. The molecule has 1 unspecified atom stereocenters. The predicted octanol–water partition coefficient (Wildman–Crippen LogP) is 6.06. The van der Waals surface area contributed by atoms with Gasteiger partial charge in [0.2, 0.25) is 5.91 Å². The van der Waals surface area contributed by atoms with Crippen molar-refractivity contribution in [2.24, 2.45) is 5.92 Å². The summed E-state index contributed by atoms with van der Waals surface area (Å²) in [5.74, 6) is -0.361. The largest absolute Gasteiger partial charge is 0.480 e. The van der Waals surface area contributed by atoms with Crippen LogP contribution in [0.15, 0.2) is 54.7 Å². The van der Waals surface area contributed by atoms with Crippen LogP contribution in [0.4, 0.5) is 0 Å². The van der Waals surface area contributed by atoms with Crippen molar-refractivity contribution in [3.63, 3.8) is 0 Å². The Bertz CT molecular complexity index is 1300. The van der Waals surface area contributed by atoms with Gasteiger partial charge in [0.1, 0.15) is 6.04 Å². The number of carboxylic acid groups (broad SMARTS) is 1. The van der Waals surface area contributed by atoms with E-state index >= 15 is 0 Å². The maximum Gasteiger partial charge on any atom is 0.321 e. The molecule has 8 heteroatoms. The number of para-hydroxylation sites is 1. The molecular formula is C29H31Cl2N3O3. The van der Waals surface area contributed by atoms with E-state index in [0.717, 1.165) is 37.0 Å². The first-order valence-electron chi connectivity index (χ1n) is 12.9. The van der Waals surface area contributed by atoms with Gasteiger partial charge in [-0.2, -0.15) is 0 Å². The third kappa shape index (κ3) is 5.71. The Morgan fingerprint density at radius 3 is 2.41 bits per heavy atom. The molecular weight excluding hydrogens is 509 g/mol. The number of halogens is 2. The number of H-pyrrole nitrogens is 1. The maximum atomic E-state index is 12.7. The first-order valence-corrected chi connectivity index (χ1v) is 13.6. The molecule has 0 aliphatic carbocycles. The van der Waals surface area contributed by atoms with E-state index in [2.05, 4.69) is 34.3 Å². The highest BCUT2D eigenvalue weighted by Gasteiger charge is 2.38. The van der Waals surface area contributed by atoms with Crippen LogP contribution in [0.1, 0.15) is 42.7 Å². The Labute approximate surface area is 226 Å². The summed E-state index contributed by atoms with van der Waals surface area (Å²) in [6, 6.07) is 13.1. The van der Waals surface area contributed by atoms with Crippen LogP contribution in [0.3, 0.4) is 0 Å². The summed E-state index contributed by atoms with van der Waals surface area (Å²) in [6.07, 6.45) is 8.66. The third-order valence-corrected chi connectivity index (χ3v) is 8.64. The van der Waals surface area contributed by atoms with Gasteiger partial charge < -0.3 is 15.0 Å². The van der Waals surface area contributed by atoms with Crippen LogP contribution in [0, 0.1) is 5.92 Å². The summed E-state index contributed by atoms with van der Waals surface area (Å²) in [5, 5.41) is 12.3. The molecule has 6 nitrogen and oxygen atoms in total. The molecule has 1 amide bonds. The van der Waals surface area contributed by atoms with Gasteiger partial charge >= 0.3 is 5.97 Å². The normalized spacial score (nSPS) is 19.0. The highest BCUT2D eigenvalue weighted by molar-refractivity contribution is 6.42. The Balaban J connectivity index is 1.16. The molecule has 2 aromatic carbocycles. The quantitative estimate of drug-likeness (QED) is 0.373. The van der Waals surface area contributed by atoms with Crippen molar-refractivity contribution in [1.82, 2.24) is 14.8 Å². The molecule has 3 heterocycles. The van der Waals surface area contributed by atoms with E-state index in [-0.39, 0.29) is 11.8 Å². The van der Waals surface area contributed by atoms with Crippen molar-refractivity contribution in [2.75, 3.05) is 26.2 Å². The minimum absolute atomic E-state index is 0.0326. The van der Waals surface area contributed by atoms with E-state index in [1.165, 1.54) is 10.9 Å². The number of amides is 1. The molecule has 2 aliphatic rings. The van der Waals surface area contributed by atoms with Gasteiger partial charge in [-0.25, -0.2) is 0 Å². The number of nitrogens with one attached hydrogen (secondary N) is 1. The molecule has 1 atom stereocenters. The van der Waals surface area contributed by atoms with Gasteiger partial charge in [0, 0.05) is 36.3 Å². The molecule has 37 heavy (non-hydrogen) atoms. The highest BCUT2D eigenvalue weighted by atomic mass is 35.5. The smallest absolute Gasteiger partial charge is 0.321 e. The number of fused-ring (bicyclic) bond motifs is 1. The molecule has 0 spiro atoms. The average molecular weight is 540 g/mol. The Morgan fingerprint density at radius 1 is 0.973 bits per heavy atom. The van der Waals surface area contributed by atoms with Crippen LogP contribution in [0.2, 0.25) is 10.0 Å². The van der Waals surface area contributed by atoms with Gasteiger partial charge in [0.25, 0.3) is 0 Å². The van der Waals surface area contributed by atoms with Crippen molar-refractivity contribution in [2.45, 2.75) is 37.6 Å². The maximum absolute atomic E-state index is 12.7. The van der Waals surface area contributed by atoms with Gasteiger partial charge in [0.15, 0.2) is 0 Å². The van der Waals surface area contributed by atoms with Crippen LogP contribution in [0.25, 0.3) is 17.0 Å². The van der Waals surface area contributed by atoms with E-state index in [9.17, 15) is 14.7 Å². The molecule has 0 saturated carbocycles. The number of aliphatic carboxylic acids is 1. The Morgan fingerprint density at radius 2 is 1.70 bits per heavy atom. The van der Waals surface area contributed by atoms with E-state index in [1.807, 2.05) is 12.1 Å². The fourth-order valence-electron chi connectivity index (χ4n) is 5.90. The molecule has 0 bridgehead atoms. The zero-order chi connectivity index (χ0) is 25.9. The summed E-state index contributed by atoms with van der Waals surface area (Å²) in [7, 11) is 0. The van der Waals surface area contributed by atoms with Gasteiger partial charge in [-0.15, -0.1) is 0 Å². The average Bonchev–Trinajstić information content (AvgIpc) is 3.34. The van der Waals surface area contributed by atoms with E-state index < -0.39 is 12.0 Å². The fraction of sp³-hybridized carbons (Fsp3) is 0.379. The van der Waals surface area contributed by atoms with Crippen LogP contribution in [-0.2, 0) is 9.59 Å². The van der Waals surface area contributed by atoms with Crippen molar-refractivity contribution in [3.05, 3.63) is 75.9 Å². The lowest BCUT2D eigenvalue weighted by Gasteiger charge is -2.41. The van der Waals surface area contributed by atoms with Gasteiger partial charge in [0.05, 0.1) is 10.0 Å². The zero-order valence-corrected chi connectivity index (χ0v) is 22.1. The monoisotopic (exact) mass is 539 g/mol. The third-order valence-electron chi connectivity index (χ3n) is 7.90. The molecule has 194 valence electrons. The van der Waals surface area contributed by atoms with Gasteiger partial charge in [-0.3, -0.25) is 14.5 Å². The first-order chi connectivity index (χ1) is 17.9. The standard InChI is InChI=1S/C29H31Cl2N3O3/c30-24-7-5-19(17-25(24)31)6-8-27(35)33-13-11-21(12-14-33)28(29(36)37)34-15-9-20(10-16-34)23-18-32-26-4-2-1-3-22(23)26/h1-8,17-18,20-21,28,32H,9-16H2,(H,36,37). The number of hydrogen-bond acceptors (Lipinski definition) is 3. The summed E-state index contributed by atoms with van der Waals surface area (Å²) >= 11 is 12.0. The number of carboxylic acids is 1. The van der Waals surface area contributed by atoms with Crippen LogP contribution in [0.5, 0.6) is 0 Å². The molecule has 2 N–H and O–H groups in total. The van der Waals surface area contributed by atoms with Gasteiger partial charge in [-0.1, -0.05) is 47.5 Å². The molecule has 2 saturated heterocycles. The second-order valence-corrected chi connectivity index (χ2v) is 10.9. The van der Waals surface area contributed by atoms with Crippen LogP contribution in [-0.4, -0.2) is 64.0 Å². The molecule has 3 aromatic rings. The summed E-state index contributed by atoms with van der Waals surface area (Å²) in [5.41, 5.74) is 3.29. The lowest BCUT2D eigenvalue weighted by atomic mass is 9.84.